The lowest BCUT2D eigenvalue weighted by molar-refractivity contribution is 0.112. The number of hydrogen-bond donors (Lipinski definition) is 1. The van der Waals surface area contributed by atoms with Crippen LogP contribution in [0.25, 0.3) is 0 Å². The van der Waals surface area contributed by atoms with Crippen molar-refractivity contribution in [3.63, 3.8) is 0 Å². The van der Waals surface area contributed by atoms with Crippen LogP contribution in [0.5, 0.6) is 0 Å². The molecule has 0 aromatic heterocycles. The fourth-order valence-electron chi connectivity index (χ4n) is 4.46. The van der Waals surface area contributed by atoms with Crippen LogP contribution in [-0.2, 0) is 9.47 Å². The van der Waals surface area contributed by atoms with Gasteiger partial charge in [-0.25, -0.2) is 14.5 Å². The number of thioether (sulfide) groups is 2. The molecule has 1 saturated heterocycles. The van der Waals surface area contributed by atoms with Crippen molar-refractivity contribution in [1.82, 2.24) is 20.0 Å². The highest BCUT2D eigenvalue weighted by Gasteiger charge is 2.38. The highest BCUT2D eigenvalue weighted by Crippen LogP contribution is 2.23. The van der Waals surface area contributed by atoms with Crippen LogP contribution in [0.2, 0.25) is 0 Å². The number of carbonyl (C=O) groups is 2. The summed E-state index contributed by atoms with van der Waals surface area (Å²) in [5.41, 5.74) is 0. The molecule has 0 unspecified atom stereocenters. The largest absolute Gasteiger partial charge is 0.492 e. The van der Waals surface area contributed by atoms with Gasteiger partial charge in [0, 0.05) is 19.6 Å². The van der Waals surface area contributed by atoms with E-state index in [1.807, 2.05) is 30.4 Å². The number of unbranched alkanes of at least 4 members (excludes halogenated alkanes) is 7. The molecule has 0 radical (unpaired) electrons. The van der Waals surface area contributed by atoms with E-state index in [-0.39, 0.29) is 12.1 Å². The molecule has 1 N–H and O–H groups in total. The van der Waals surface area contributed by atoms with Gasteiger partial charge in [-0.3, -0.25) is 9.80 Å². The third-order valence-electron chi connectivity index (χ3n) is 6.99. The Labute approximate surface area is 270 Å². The maximum atomic E-state index is 13.0. The number of nitrogens with zero attached hydrogens (tertiary/aromatic N) is 3. The predicted octanol–water partition coefficient (Wildman–Crippen LogP) is 8.21. The van der Waals surface area contributed by atoms with Gasteiger partial charge in [0.15, 0.2) is 5.88 Å². The second-order valence-electron chi connectivity index (χ2n) is 10.5. The molecule has 0 atom stereocenters. The van der Waals surface area contributed by atoms with E-state index in [0.29, 0.717) is 56.9 Å². The first kappa shape index (κ1) is 38.8. The Morgan fingerprint density at radius 1 is 0.744 bits per heavy atom. The molecule has 43 heavy (non-hydrogen) atoms. The molecule has 0 aromatic carbocycles. The van der Waals surface area contributed by atoms with Crippen LogP contribution >= 0.6 is 23.5 Å². The van der Waals surface area contributed by atoms with E-state index in [2.05, 4.69) is 38.6 Å². The van der Waals surface area contributed by atoms with Crippen molar-refractivity contribution in [1.29, 1.82) is 0 Å². The number of amides is 4. The van der Waals surface area contributed by atoms with Gasteiger partial charge in [0.1, 0.15) is 18.2 Å². The van der Waals surface area contributed by atoms with Crippen LogP contribution in [0.1, 0.15) is 84.5 Å². The topological polar surface area (TPSA) is 74.3 Å². The zero-order chi connectivity index (χ0) is 31.7. The lowest BCUT2D eigenvalue weighted by atomic mass is 10.2. The van der Waals surface area contributed by atoms with E-state index in [4.69, 9.17) is 9.47 Å². The molecule has 4 amide bonds. The van der Waals surface area contributed by atoms with Crippen LogP contribution in [0.4, 0.5) is 9.59 Å². The summed E-state index contributed by atoms with van der Waals surface area (Å²) in [6, 6.07) is -0.480. The van der Waals surface area contributed by atoms with Crippen molar-refractivity contribution in [3.05, 3.63) is 49.9 Å². The first-order valence-electron chi connectivity index (χ1n) is 16.1. The summed E-state index contributed by atoms with van der Waals surface area (Å²) >= 11 is 3.88. The molecular weight excluding hydrogens is 581 g/mol. The number of rotatable bonds is 29. The molecular formula is C33H58N4O4S2. The van der Waals surface area contributed by atoms with Gasteiger partial charge in [0.25, 0.3) is 0 Å². The third kappa shape index (κ3) is 17.0. The molecule has 1 heterocycles. The summed E-state index contributed by atoms with van der Waals surface area (Å²) in [6.45, 7) is 22.7. The van der Waals surface area contributed by atoms with Gasteiger partial charge in [-0.1, -0.05) is 65.2 Å². The maximum Gasteiger partial charge on any atom is 0.333 e. The van der Waals surface area contributed by atoms with Gasteiger partial charge in [-0.05, 0) is 74.7 Å². The van der Waals surface area contributed by atoms with Crippen LogP contribution in [-0.4, -0.2) is 89.2 Å². The number of allylic oxidation sites excluding steroid dienone is 1. The molecule has 1 aliphatic heterocycles. The highest BCUT2D eigenvalue weighted by molar-refractivity contribution is 7.99. The van der Waals surface area contributed by atoms with E-state index in [1.165, 1.54) is 42.8 Å². The van der Waals surface area contributed by atoms with Crippen molar-refractivity contribution in [3.8, 4) is 0 Å². The predicted molar refractivity (Wildman–Crippen MR) is 185 cm³/mol. The first-order valence-corrected chi connectivity index (χ1v) is 18.4. The highest BCUT2D eigenvalue weighted by atomic mass is 32.2. The summed E-state index contributed by atoms with van der Waals surface area (Å²) < 4.78 is 10.9. The molecule has 8 nitrogen and oxygen atoms in total. The Morgan fingerprint density at radius 3 is 1.81 bits per heavy atom. The average Bonchev–Trinajstić information content (AvgIpc) is 3.00. The van der Waals surface area contributed by atoms with Gasteiger partial charge in [-0.15, -0.1) is 0 Å². The van der Waals surface area contributed by atoms with Crippen molar-refractivity contribution in [2.75, 3.05) is 62.4 Å². The summed E-state index contributed by atoms with van der Waals surface area (Å²) in [7, 11) is 0. The average molecular weight is 639 g/mol. The van der Waals surface area contributed by atoms with Crippen LogP contribution in [0.15, 0.2) is 49.9 Å². The summed E-state index contributed by atoms with van der Waals surface area (Å²) in [5, 5.41) is 3.08. The van der Waals surface area contributed by atoms with Gasteiger partial charge in [-0.2, -0.15) is 23.5 Å². The Bertz CT molecular complexity index is 855. The Balaban J connectivity index is 2.17. The van der Waals surface area contributed by atoms with Crippen LogP contribution < -0.4 is 5.32 Å². The monoisotopic (exact) mass is 638 g/mol. The molecule has 0 saturated carbocycles. The lowest BCUT2D eigenvalue weighted by Gasteiger charge is -2.42. The first-order chi connectivity index (χ1) is 20.9. The summed E-state index contributed by atoms with van der Waals surface area (Å²) in [5.74, 6) is 5.92. The number of imide groups is 1. The standard InChI is InChI=1S/C33H58N4O4S2/c1-7-10-11-13-16-25-42-27-18-21-36-31(6)37(33(39)35(9-3)32(36)38)22-19-28-43-26-17-14-12-15-23-41-30(5)34-20-24-40-29(4)8-2/h8,34H,2,4-7,9-28H2,1,3H3. The van der Waals surface area contributed by atoms with Gasteiger partial charge >= 0.3 is 12.1 Å². The minimum atomic E-state index is -0.243. The van der Waals surface area contributed by atoms with Gasteiger partial charge < -0.3 is 14.8 Å². The molecule has 0 bridgehead atoms. The second kappa shape index (κ2) is 25.2. The van der Waals surface area contributed by atoms with Crippen LogP contribution in [0, 0.1) is 0 Å². The zero-order valence-electron chi connectivity index (χ0n) is 27.0. The van der Waals surface area contributed by atoms with E-state index in [9.17, 15) is 9.59 Å². The van der Waals surface area contributed by atoms with E-state index in [0.717, 1.165) is 55.8 Å². The lowest BCUT2D eigenvalue weighted by Crippen LogP contribution is -2.59. The normalized spacial score (nSPS) is 13.4. The molecule has 0 aromatic rings. The number of urea groups is 2. The van der Waals surface area contributed by atoms with Gasteiger partial charge in [0.2, 0.25) is 0 Å². The number of carbonyl (C=O) groups excluding carboxylic acids is 2. The van der Waals surface area contributed by atoms with Crippen molar-refractivity contribution in [2.24, 2.45) is 0 Å². The number of nitrogens with one attached hydrogen (secondary N) is 1. The minimum absolute atomic E-state index is 0.237. The van der Waals surface area contributed by atoms with Gasteiger partial charge in [0.05, 0.1) is 13.2 Å². The number of ether oxygens (including phenoxy) is 2. The van der Waals surface area contributed by atoms with Crippen molar-refractivity contribution < 1.29 is 19.1 Å². The maximum absolute atomic E-state index is 13.0. The fourth-order valence-corrected chi connectivity index (χ4v) is 6.35. The Hall–Kier alpha value is -2.20. The summed E-state index contributed by atoms with van der Waals surface area (Å²) in [4.78, 5) is 30.7. The molecule has 1 aliphatic rings. The molecule has 0 aliphatic carbocycles. The Morgan fingerprint density at radius 2 is 1.28 bits per heavy atom. The van der Waals surface area contributed by atoms with E-state index < -0.39 is 0 Å². The fraction of sp³-hybridized carbons (Fsp3) is 0.697. The van der Waals surface area contributed by atoms with Crippen molar-refractivity contribution in [2.45, 2.75) is 84.5 Å². The number of hydrogen-bond acceptors (Lipinski definition) is 7. The molecule has 1 rings (SSSR count). The minimum Gasteiger partial charge on any atom is -0.492 e. The van der Waals surface area contributed by atoms with E-state index >= 15 is 0 Å². The molecule has 0 spiro atoms. The zero-order valence-corrected chi connectivity index (χ0v) is 28.7. The quantitative estimate of drug-likeness (QED) is 0.0503. The Kier molecular flexibility index (Phi) is 22.7. The smallest absolute Gasteiger partial charge is 0.333 e. The molecule has 246 valence electrons. The van der Waals surface area contributed by atoms with E-state index in [1.54, 1.807) is 15.9 Å². The third-order valence-corrected chi connectivity index (χ3v) is 9.30. The molecule has 1 fully saturated rings. The summed E-state index contributed by atoms with van der Waals surface area (Å²) in [6.07, 6.45) is 14.3. The SMILES string of the molecule is C=CC(=C)OCCNC(=C)OCCCCCCSCCCN1C(=C)N(CCCSCCCCCCC)C(=O)N(CC)C1=O. The second-order valence-corrected chi connectivity index (χ2v) is 13.0. The molecule has 10 heteroatoms. The van der Waals surface area contributed by atoms with Crippen LogP contribution in [0.3, 0.4) is 0 Å². The van der Waals surface area contributed by atoms with Crippen molar-refractivity contribution >= 4 is 35.6 Å².